The lowest BCUT2D eigenvalue weighted by molar-refractivity contribution is -0.577. The largest absolute Gasteiger partial charge is 0.618 e. The Morgan fingerprint density at radius 3 is 2.78 bits per heavy atom. The lowest BCUT2D eigenvalue weighted by Gasteiger charge is -2.09. The number of halogens is 2. The van der Waals surface area contributed by atoms with E-state index in [0.29, 0.717) is 16.2 Å². The molecule has 0 aliphatic carbocycles. The summed E-state index contributed by atoms with van der Waals surface area (Å²) >= 11 is 9.49. The fraction of sp³-hybridized carbons (Fsp3) is 0.0588. The summed E-state index contributed by atoms with van der Waals surface area (Å²) in [6.45, 7) is 0. The second-order valence-corrected chi connectivity index (χ2v) is 6.30. The Labute approximate surface area is 146 Å². The van der Waals surface area contributed by atoms with Crippen LogP contribution < -0.4 is 10.0 Å². The van der Waals surface area contributed by atoms with Crippen molar-refractivity contribution in [1.29, 1.82) is 0 Å². The van der Waals surface area contributed by atoms with Gasteiger partial charge in [0, 0.05) is 27.3 Å². The number of aromatic nitrogens is 1. The van der Waals surface area contributed by atoms with Crippen LogP contribution in [0.1, 0.15) is 5.56 Å². The van der Waals surface area contributed by atoms with Crippen molar-refractivity contribution in [1.82, 2.24) is 0 Å². The van der Waals surface area contributed by atoms with Crippen molar-refractivity contribution in [2.24, 2.45) is 0 Å². The standard InChI is InChI=1S/C17H12BrClN2O2/c18-14-9-12(10-16-13(14)5-3-7-21(16)23)20-17(22)8-11-4-1-2-6-15(11)19/h1-7,9-10H,8H2,(H,20,22). The molecule has 1 heterocycles. The molecule has 3 rings (SSSR count). The highest BCUT2D eigenvalue weighted by Gasteiger charge is 2.12. The Bertz CT molecular complexity index is 899. The number of nitrogens with one attached hydrogen (secondary N) is 1. The maximum atomic E-state index is 12.2. The number of anilines is 1. The molecule has 0 saturated heterocycles. The topological polar surface area (TPSA) is 56.0 Å². The van der Waals surface area contributed by atoms with Gasteiger partial charge >= 0.3 is 0 Å². The third-order valence-corrected chi connectivity index (χ3v) is 4.45. The summed E-state index contributed by atoms with van der Waals surface area (Å²) in [4.78, 5) is 12.2. The maximum Gasteiger partial charge on any atom is 0.228 e. The van der Waals surface area contributed by atoms with Gasteiger partial charge in [0.15, 0.2) is 6.20 Å². The van der Waals surface area contributed by atoms with Crippen molar-refractivity contribution >= 4 is 50.0 Å². The Morgan fingerprint density at radius 1 is 1.22 bits per heavy atom. The minimum Gasteiger partial charge on any atom is -0.618 e. The minimum absolute atomic E-state index is 0.168. The summed E-state index contributed by atoms with van der Waals surface area (Å²) in [5.41, 5.74) is 1.79. The zero-order valence-corrected chi connectivity index (χ0v) is 14.3. The van der Waals surface area contributed by atoms with E-state index in [4.69, 9.17) is 11.6 Å². The van der Waals surface area contributed by atoms with Gasteiger partial charge in [-0.3, -0.25) is 4.79 Å². The van der Waals surface area contributed by atoms with Crippen LogP contribution in [0.25, 0.3) is 10.9 Å². The number of benzene rings is 2. The molecule has 4 nitrogen and oxygen atoms in total. The van der Waals surface area contributed by atoms with Gasteiger partial charge in [-0.2, -0.15) is 4.73 Å². The Hall–Kier alpha value is -2.11. The van der Waals surface area contributed by atoms with Crippen LogP contribution in [0.5, 0.6) is 0 Å². The van der Waals surface area contributed by atoms with E-state index in [-0.39, 0.29) is 12.3 Å². The molecule has 0 radical (unpaired) electrons. The Kier molecular flexibility index (Phi) is 4.50. The number of amides is 1. The van der Waals surface area contributed by atoms with Gasteiger partial charge < -0.3 is 10.5 Å². The van der Waals surface area contributed by atoms with Gasteiger partial charge in [0.05, 0.1) is 11.8 Å². The van der Waals surface area contributed by atoms with Crippen LogP contribution in [-0.2, 0) is 11.2 Å². The second-order valence-electron chi connectivity index (χ2n) is 5.04. The summed E-state index contributed by atoms with van der Waals surface area (Å²) in [5.74, 6) is -0.197. The molecule has 1 N–H and O–H groups in total. The summed E-state index contributed by atoms with van der Waals surface area (Å²) < 4.78 is 1.51. The van der Waals surface area contributed by atoms with Gasteiger partial charge in [-0.25, -0.2) is 0 Å². The zero-order valence-electron chi connectivity index (χ0n) is 11.9. The van der Waals surface area contributed by atoms with Gasteiger partial charge in [-0.15, -0.1) is 0 Å². The van der Waals surface area contributed by atoms with Gasteiger partial charge in [-0.05, 0) is 39.7 Å². The first kappa shape index (κ1) is 15.8. The number of hydrogen-bond donors (Lipinski definition) is 1. The lowest BCUT2D eigenvalue weighted by Crippen LogP contribution is -2.26. The van der Waals surface area contributed by atoms with Crippen LogP contribution >= 0.6 is 27.5 Å². The molecule has 0 fully saturated rings. The van der Waals surface area contributed by atoms with E-state index < -0.39 is 0 Å². The predicted octanol–water partition coefficient (Wildman–Crippen LogP) is 4.07. The normalized spacial score (nSPS) is 10.7. The van der Waals surface area contributed by atoms with E-state index in [1.54, 1.807) is 24.3 Å². The van der Waals surface area contributed by atoms with E-state index in [1.165, 1.54) is 6.20 Å². The van der Waals surface area contributed by atoms with E-state index >= 15 is 0 Å². The SMILES string of the molecule is O=C(Cc1ccccc1Cl)Nc1cc(Br)c2ccc[n+]([O-])c2c1. The number of carbonyl (C=O) groups excluding carboxylic acids is 1. The number of nitrogens with zero attached hydrogens (tertiary/aromatic N) is 1. The predicted molar refractivity (Wildman–Crippen MR) is 94.4 cm³/mol. The van der Waals surface area contributed by atoms with Crippen molar-refractivity contribution in [3.8, 4) is 0 Å². The van der Waals surface area contributed by atoms with Crippen LogP contribution in [0, 0.1) is 5.21 Å². The second kappa shape index (κ2) is 6.56. The van der Waals surface area contributed by atoms with Crippen LogP contribution in [0.3, 0.4) is 0 Å². The number of carbonyl (C=O) groups is 1. The highest BCUT2D eigenvalue weighted by atomic mass is 79.9. The monoisotopic (exact) mass is 390 g/mol. The van der Waals surface area contributed by atoms with Crippen LogP contribution in [0.2, 0.25) is 5.02 Å². The highest BCUT2D eigenvalue weighted by molar-refractivity contribution is 9.10. The van der Waals surface area contributed by atoms with Crippen molar-refractivity contribution in [3.05, 3.63) is 75.0 Å². The van der Waals surface area contributed by atoms with E-state index in [9.17, 15) is 10.0 Å². The summed E-state index contributed by atoms with van der Waals surface area (Å²) in [5, 5.41) is 16.0. The fourth-order valence-corrected chi connectivity index (χ4v) is 3.12. The maximum absolute atomic E-state index is 12.2. The first-order valence-corrected chi connectivity index (χ1v) is 8.06. The minimum atomic E-state index is -0.197. The molecule has 1 amide bonds. The summed E-state index contributed by atoms with van der Waals surface area (Å²) in [7, 11) is 0. The molecule has 0 bridgehead atoms. The summed E-state index contributed by atoms with van der Waals surface area (Å²) in [6, 6.07) is 14.1. The van der Waals surface area contributed by atoms with Crippen molar-refractivity contribution < 1.29 is 9.52 Å². The smallest absolute Gasteiger partial charge is 0.228 e. The molecule has 3 aromatic rings. The fourth-order valence-electron chi connectivity index (χ4n) is 2.34. The van der Waals surface area contributed by atoms with Gasteiger partial charge in [0.1, 0.15) is 0 Å². The number of pyridine rings is 1. The molecule has 0 unspecified atom stereocenters. The van der Waals surface area contributed by atoms with Crippen LogP contribution in [0.15, 0.2) is 59.2 Å². The van der Waals surface area contributed by atoms with Crippen molar-refractivity contribution in [2.75, 3.05) is 5.32 Å². The van der Waals surface area contributed by atoms with Crippen LogP contribution in [-0.4, -0.2) is 5.91 Å². The molecular weight excluding hydrogens is 380 g/mol. The lowest BCUT2D eigenvalue weighted by atomic mass is 10.1. The molecular formula is C17H12BrClN2O2. The zero-order chi connectivity index (χ0) is 16.4. The van der Waals surface area contributed by atoms with E-state index in [0.717, 1.165) is 20.2 Å². The third kappa shape index (κ3) is 3.46. The average Bonchev–Trinajstić information content (AvgIpc) is 2.51. The molecule has 2 aromatic carbocycles. The number of fused-ring (bicyclic) bond motifs is 1. The average molecular weight is 392 g/mol. The summed E-state index contributed by atoms with van der Waals surface area (Å²) in [6.07, 6.45) is 1.59. The first-order chi connectivity index (χ1) is 11.0. The van der Waals surface area contributed by atoms with Gasteiger partial charge in [0.2, 0.25) is 11.4 Å². The number of hydrogen-bond acceptors (Lipinski definition) is 2. The molecule has 0 saturated carbocycles. The molecule has 23 heavy (non-hydrogen) atoms. The first-order valence-electron chi connectivity index (χ1n) is 6.89. The van der Waals surface area contributed by atoms with Crippen LogP contribution in [0.4, 0.5) is 5.69 Å². The van der Waals surface area contributed by atoms with E-state index in [1.807, 2.05) is 24.3 Å². The molecule has 0 atom stereocenters. The van der Waals surface area contributed by atoms with Crippen molar-refractivity contribution in [2.45, 2.75) is 6.42 Å². The quantitative estimate of drug-likeness (QED) is 0.540. The van der Waals surface area contributed by atoms with E-state index in [2.05, 4.69) is 21.2 Å². The molecule has 0 aliphatic rings. The molecule has 0 spiro atoms. The third-order valence-electron chi connectivity index (χ3n) is 3.42. The molecule has 1 aromatic heterocycles. The Morgan fingerprint density at radius 2 is 2.00 bits per heavy atom. The molecule has 0 aliphatic heterocycles. The van der Waals surface area contributed by atoms with Gasteiger partial charge in [0.25, 0.3) is 0 Å². The highest BCUT2D eigenvalue weighted by Crippen LogP contribution is 2.26. The van der Waals surface area contributed by atoms with Crippen molar-refractivity contribution in [3.63, 3.8) is 0 Å². The number of rotatable bonds is 3. The molecule has 6 heteroatoms. The Balaban J connectivity index is 1.85. The molecule has 116 valence electrons. The van der Waals surface area contributed by atoms with Gasteiger partial charge in [-0.1, -0.05) is 29.8 Å².